The van der Waals surface area contributed by atoms with Crippen molar-refractivity contribution in [2.75, 3.05) is 18.8 Å². The SMILES string of the molecule is Cc1cc(N)c(-c2nnn(-c3ccc(CCN4CCn5cncc5C4)cc3)n2)cc1C. The lowest BCUT2D eigenvalue weighted by molar-refractivity contribution is 0.224. The first kappa shape index (κ1) is 19.4. The van der Waals surface area contributed by atoms with E-state index in [1.807, 2.05) is 43.7 Å². The van der Waals surface area contributed by atoms with E-state index in [2.05, 4.69) is 48.9 Å². The number of benzene rings is 2. The van der Waals surface area contributed by atoms with Crippen LogP contribution in [-0.2, 0) is 19.5 Å². The molecule has 158 valence electrons. The molecule has 4 aromatic rings. The van der Waals surface area contributed by atoms with Crippen LogP contribution in [0.4, 0.5) is 5.69 Å². The van der Waals surface area contributed by atoms with E-state index in [-0.39, 0.29) is 0 Å². The Hall–Kier alpha value is -3.52. The molecule has 0 bridgehead atoms. The first-order chi connectivity index (χ1) is 15.1. The molecule has 2 aromatic heterocycles. The number of aromatic nitrogens is 6. The molecule has 5 rings (SSSR count). The molecule has 0 fully saturated rings. The summed E-state index contributed by atoms with van der Waals surface area (Å²) in [5.74, 6) is 0.536. The highest BCUT2D eigenvalue weighted by Gasteiger charge is 2.16. The Balaban J connectivity index is 1.25. The van der Waals surface area contributed by atoms with Crippen LogP contribution < -0.4 is 5.73 Å². The van der Waals surface area contributed by atoms with Crippen molar-refractivity contribution < 1.29 is 0 Å². The Morgan fingerprint density at radius 1 is 1.03 bits per heavy atom. The number of anilines is 1. The minimum atomic E-state index is 0.536. The summed E-state index contributed by atoms with van der Waals surface area (Å²) in [7, 11) is 0. The van der Waals surface area contributed by atoms with Crippen molar-refractivity contribution in [2.24, 2.45) is 0 Å². The number of fused-ring (bicyclic) bond motifs is 1. The van der Waals surface area contributed by atoms with Crippen molar-refractivity contribution in [3.05, 3.63) is 71.3 Å². The maximum Gasteiger partial charge on any atom is 0.207 e. The molecule has 1 aliphatic heterocycles. The first-order valence-corrected chi connectivity index (χ1v) is 10.5. The molecule has 0 radical (unpaired) electrons. The van der Waals surface area contributed by atoms with Crippen LogP contribution in [0.1, 0.15) is 22.4 Å². The molecule has 2 aromatic carbocycles. The molecule has 0 saturated carbocycles. The molecule has 0 atom stereocenters. The van der Waals surface area contributed by atoms with Crippen LogP contribution in [0.3, 0.4) is 0 Å². The number of aryl methyl sites for hydroxylation is 2. The number of rotatable bonds is 5. The Kier molecular flexibility index (Phi) is 4.99. The van der Waals surface area contributed by atoms with Gasteiger partial charge in [0.15, 0.2) is 0 Å². The number of nitrogens with zero attached hydrogens (tertiary/aromatic N) is 7. The van der Waals surface area contributed by atoms with Crippen LogP contribution in [0.25, 0.3) is 17.1 Å². The van der Waals surface area contributed by atoms with Crippen LogP contribution in [0.2, 0.25) is 0 Å². The van der Waals surface area contributed by atoms with Crippen molar-refractivity contribution in [1.29, 1.82) is 0 Å². The third-order valence-corrected chi connectivity index (χ3v) is 6.05. The monoisotopic (exact) mass is 414 g/mol. The van der Waals surface area contributed by atoms with Crippen LogP contribution in [0.15, 0.2) is 48.9 Å². The smallest absolute Gasteiger partial charge is 0.207 e. The number of imidazole rings is 1. The molecule has 0 spiro atoms. The predicted octanol–water partition coefficient (Wildman–Crippen LogP) is 2.78. The van der Waals surface area contributed by atoms with E-state index in [4.69, 9.17) is 5.73 Å². The largest absolute Gasteiger partial charge is 0.398 e. The van der Waals surface area contributed by atoms with Crippen molar-refractivity contribution in [3.63, 3.8) is 0 Å². The van der Waals surface area contributed by atoms with E-state index in [0.29, 0.717) is 11.5 Å². The van der Waals surface area contributed by atoms with E-state index in [9.17, 15) is 0 Å². The van der Waals surface area contributed by atoms with Gasteiger partial charge < -0.3 is 10.3 Å². The lowest BCUT2D eigenvalue weighted by Gasteiger charge is -2.27. The van der Waals surface area contributed by atoms with E-state index in [1.54, 1.807) is 4.80 Å². The van der Waals surface area contributed by atoms with Crippen LogP contribution >= 0.6 is 0 Å². The van der Waals surface area contributed by atoms with Crippen molar-refractivity contribution >= 4 is 5.69 Å². The second-order valence-corrected chi connectivity index (χ2v) is 8.20. The molecule has 0 aliphatic carbocycles. The van der Waals surface area contributed by atoms with Gasteiger partial charge in [0, 0.05) is 43.6 Å². The summed E-state index contributed by atoms with van der Waals surface area (Å²) in [6.45, 7) is 8.17. The second kappa shape index (κ2) is 7.96. The van der Waals surface area contributed by atoms with Gasteiger partial charge in [0.2, 0.25) is 5.82 Å². The highest BCUT2D eigenvalue weighted by Crippen LogP contribution is 2.26. The van der Waals surface area contributed by atoms with Gasteiger partial charge in [-0.2, -0.15) is 0 Å². The zero-order chi connectivity index (χ0) is 21.4. The van der Waals surface area contributed by atoms with E-state index >= 15 is 0 Å². The molecule has 8 nitrogen and oxygen atoms in total. The second-order valence-electron chi connectivity index (χ2n) is 8.20. The molecular weight excluding hydrogens is 388 g/mol. The zero-order valence-electron chi connectivity index (χ0n) is 17.9. The highest BCUT2D eigenvalue weighted by atomic mass is 15.6. The van der Waals surface area contributed by atoms with Crippen molar-refractivity contribution in [2.45, 2.75) is 33.4 Å². The maximum absolute atomic E-state index is 6.18. The third-order valence-electron chi connectivity index (χ3n) is 6.05. The number of nitrogens with two attached hydrogens (primary N) is 1. The molecular formula is C23H26N8. The Morgan fingerprint density at radius 2 is 1.84 bits per heavy atom. The molecule has 31 heavy (non-hydrogen) atoms. The van der Waals surface area contributed by atoms with Crippen LogP contribution in [0.5, 0.6) is 0 Å². The topological polar surface area (TPSA) is 90.7 Å². The van der Waals surface area contributed by atoms with Gasteiger partial charge in [-0.15, -0.1) is 15.0 Å². The normalized spacial score (nSPS) is 14.0. The fourth-order valence-corrected chi connectivity index (χ4v) is 3.98. The quantitative estimate of drug-likeness (QED) is 0.505. The van der Waals surface area contributed by atoms with Gasteiger partial charge in [0.25, 0.3) is 0 Å². The van der Waals surface area contributed by atoms with Gasteiger partial charge in [-0.1, -0.05) is 12.1 Å². The molecule has 1 aliphatic rings. The van der Waals surface area contributed by atoms with Gasteiger partial charge >= 0.3 is 0 Å². The summed E-state index contributed by atoms with van der Waals surface area (Å²) in [6, 6.07) is 12.3. The molecule has 8 heteroatoms. The van der Waals surface area contributed by atoms with Crippen molar-refractivity contribution in [1.82, 2.24) is 34.7 Å². The maximum atomic E-state index is 6.18. The van der Waals surface area contributed by atoms with Gasteiger partial charge in [0.1, 0.15) is 0 Å². The van der Waals surface area contributed by atoms with Crippen molar-refractivity contribution in [3.8, 4) is 17.1 Å². The lowest BCUT2D eigenvalue weighted by atomic mass is 10.0. The first-order valence-electron chi connectivity index (χ1n) is 10.5. The summed E-state index contributed by atoms with van der Waals surface area (Å²) in [4.78, 5) is 8.27. The number of hydrogen-bond donors (Lipinski definition) is 1. The average Bonchev–Trinajstić information content (AvgIpc) is 3.44. The fraction of sp³-hybridized carbons (Fsp3) is 0.304. The summed E-state index contributed by atoms with van der Waals surface area (Å²) >= 11 is 0. The fourth-order valence-electron chi connectivity index (χ4n) is 3.98. The third kappa shape index (κ3) is 3.94. The van der Waals surface area contributed by atoms with Crippen LogP contribution in [0, 0.1) is 13.8 Å². The lowest BCUT2D eigenvalue weighted by Crippen LogP contribution is -2.34. The summed E-state index contributed by atoms with van der Waals surface area (Å²) in [5, 5.41) is 13.0. The van der Waals surface area contributed by atoms with Gasteiger partial charge in [-0.05, 0) is 66.4 Å². The standard InChI is InChI=1S/C23H26N8/c1-16-11-21(22(24)12-17(16)2)23-26-28-31(27-23)19-5-3-18(4-6-19)7-8-29-9-10-30-15-25-13-20(30)14-29/h3-6,11-13,15H,7-10,14,24H2,1-2H3. The van der Waals surface area contributed by atoms with E-state index < -0.39 is 0 Å². The van der Waals surface area contributed by atoms with Crippen LogP contribution in [-0.4, -0.2) is 47.7 Å². The van der Waals surface area contributed by atoms with E-state index in [0.717, 1.165) is 55.0 Å². The molecule has 0 saturated heterocycles. The Morgan fingerprint density at radius 3 is 2.68 bits per heavy atom. The predicted molar refractivity (Wildman–Crippen MR) is 120 cm³/mol. The summed E-state index contributed by atoms with van der Waals surface area (Å²) < 4.78 is 2.23. The number of tetrazole rings is 1. The minimum Gasteiger partial charge on any atom is -0.398 e. The Labute approximate surface area is 181 Å². The summed E-state index contributed by atoms with van der Waals surface area (Å²) in [5.41, 5.74) is 13.4. The van der Waals surface area contributed by atoms with Gasteiger partial charge in [-0.25, -0.2) is 4.98 Å². The average molecular weight is 415 g/mol. The number of nitrogen functional groups attached to an aromatic ring is 1. The molecule has 0 amide bonds. The van der Waals surface area contributed by atoms with Gasteiger partial charge in [0.05, 0.1) is 17.7 Å². The zero-order valence-corrected chi connectivity index (χ0v) is 17.9. The number of hydrogen-bond acceptors (Lipinski definition) is 6. The van der Waals surface area contributed by atoms with Gasteiger partial charge in [-0.3, -0.25) is 4.90 Å². The highest BCUT2D eigenvalue weighted by molar-refractivity contribution is 5.72. The molecule has 2 N–H and O–H groups in total. The summed E-state index contributed by atoms with van der Waals surface area (Å²) in [6.07, 6.45) is 4.89. The molecule has 0 unspecified atom stereocenters. The molecule has 3 heterocycles. The Bertz CT molecular complexity index is 1200. The van der Waals surface area contributed by atoms with E-state index in [1.165, 1.54) is 11.3 Å². The minimum absolute atomic E-state index is 0.536.